The maximum Gasteiger partial charge on any atom is 0.421 e. The minimum atomic E-state index is -3.82. The van der Waals surface area contributed by atoms with Crippen LogP contribution in [0, 0.1) is 6.92 Å². The van der Waals surface area contributed by atoms with Crippen molar-refractivity contribution in [1.82, 2.24) is 4.72 Å². The third-order valence-electron chi connectivity index (χ3n) is 1.82. The number of sulfonamides is 1. The summed E-state index contributed by atoms with van der Waals surface area (Å²) in [6, 6.07) is 6.16. The van der Waals surface area contributed by atoms with Crippen molar-refractivity contribution in [3.05, 3.63) is 29.8 Å². The molecular weight excluding hydrogens is 269 g/mol. The van der Waals surface area contributed by atoms with Gasteiger partial charge in [0.05, 0.1) is 11.5 Å². The molecule has 0 atom stereocenters. The van der Waals surface area contributed by atoms with Crippen molar-refractivity contribution in [2.45, 2.75) is 18.7 Å². The maximum atomic E-state index is 11.6. The number of aryl methyl sites for hydroxylation is 1. The molecular formula is C10H13KNO4S. The Kier molecular flexibility index (Phi) is 7.53. The Labute approximate surface area is 143 Å². The molecule has 1 aromatic rings. The second-order valence-corrected chi connectivity index (χ2v) is 4.82. The van der Waals surface area contributed by atoms with Crippen molar-refractivity contribution >= 4 is 67.5 Å². The Bertz CT molecular complexity index is 470. The first-order valence-corrected chi connectivity index (χ1v) is 6.20. The molecule has 1 aromatic carbocycles. The minimum Gasteiger partial charge on any atom is -0.449 e. The number of rotatable bonds is 3. The van der Waals surface area contributed by atoms with Gasteiger partial charge in [0.15, 0.2) is 0 Å². The molecule has 5 nitrogen and oxygen atoms in total. The van der Waals surface area contributed by atoms with Crippen LogP contribution in [0.25, 0.3) is 0 Å². The van der Waals surface area contributed by atoms with E-state index in [2.05, 4.69) is 4.74 Å². The fourth-order valence-corrected chi connectivity index (χ4v) is 1.94. The van der Waals surface area contributed by atoms with E-state index in [9.17, 15) is 13.2 Å². The van der Waals surface area contributed by atoms with Crippen LogP contribution in [0.1, 0.15) is 12.5 Å². The van der Waals surface area contributed by atoms with Crippen molar-refractivity contribution in [2.75, 3.05) is 6.61 Å². The van der Waals surface area contributed by atoms with E-state index in [4.69, 9.17) is 0 Å². The molecule has 0 heterocycles. The molecule has 0 aliphatic rings. The van der Waals surface area contributed by atoms with E-state index in [0.29, 0.717) is 0 Å². The first kappa shape index (κ1) is 17.1. The molecule has 0 spiro atoms. The van der Waals surface area contributed by atoms with Crippen molar-refractivity contribution in [3.8, 4) is 0 Å². The van der Waals surface area contributed by atoms with Gasteiger partial charge in [-0.25, -0.2) is 17.9 Å². The Morgan fingerprint density at radius 1 is 1.29 bits per heavy atom. The number of hydrogen-bond donors (Lipinski definition) is 1. The van der Waals surface area contributed by atoms with Crippen molar-refractivity contribution in [2.24, 2.45) is 0 Å². The summed E-state index contributed by atoms with van der Waals surface area (Å²) in [6.45, 7) is 3.56. The van der Waals surface area contributed by atoms with Gasteiger partial charge in [-0.2, -0.15) is 0 Å². The van der Waals surface area contributed by atoms with Crippen LogP contribution >= 0.6 is 0 Å². The van der Waals surface area contributed by atoms with Crippen molar-refractivity contribution < 1.29 is 17.9 Å². The molecule has 0 unspecified atom stereocenters. The van der Waals surface area contributed by atoms with E-state index in [1.54, 1.807) is 23.8 Å². The number of nitrogens with one attached hydrogen (secondary N) is 1. The Hall–Kier alpha value is 0.0764. The fourth-order valence-electron chi connectivity index (χ4n) is 1.05. The summed E-state index contributed by atoms with van der Waals surface area (Å²) in [5.74, 6) is 0. The van der Waals surface area contributed by atoms with Gasteiger partial charge in [-0.3, -0.25) is 0 Å². The topological polar surface area (TPSA) is 72.5 Å². The van der Waals surface area contributed by atoms with Crippen molar-refractivity contribution in [3.63, 3.8) is 0 Å². The van der Waals surface area contributed by atoms with E-state index in [-0.39, 0.29) is 62.9 Å². The van der Waals surface area contributed by atoms with E-state index >= 15 is 0 Å². The molecule has 0 saturated heterocycles. The standard InChI is InChI=1S/C10H13NO4S.K/c1-3-15-10(12)11-16(13,14)9-6-4-8(2)5-7-9;/h4-7H,3H2,1-2H3,(H,11,12);. The Morgan fingerprint density at radius 2 is 1.82 bits per heavy atom. The average molecular weight is 282 g/mol. The smallest absolute Gasteiger partial charge is 0.421 e. The molecule has 0 fully saturated rings. The molecule has 0 bridgehead atoms. The third kappa shape index (κ3) is 5.50. The van der Waals surface area contributed by atoms with Gasteiger partial charge in [-0.05, 0) is 26.0 Å². The number of carbonyl (C=O) groups is 1. The number of amides is 1. The molecule has 1 N–H and O–H groups in total. The van der Waals surface area contributed by atoms with E-state index < -0.39 is 16.1 Å². The first-order valence-electron chi connectivity index (χ1n) is 4.72. The number of hydrogen-bond acceptors (Lipinski definition) is 4. The molecule has 1 rings (SSSR count). The van der Waals surface area contributed by atoms with Gasteiger partial charge >= 0.3 is 6.09 Å². The number of ether oxygens (including phenoxy) is 1. The summed E-state index contributed by atoms with van der Waals surface area (Å²) in [6.07, 6.45) is -0.969. The van der Waals surface area contributed by atoms with Gasteiger partial charge in [0.2, 0.25) is 0 Å². The molecule has 1 radical (unpaired) electrons. The van der Waals surface area contributed by atoms with Crippen LogP contribution in [0.5, 0.6) is 0 Å². The summed E-state index contributed by atoms with van der Waals surface area (Å²) in [7, 11) is -3.82. The van der Waals surface area contributed by atoms with Gasteiger partial charge in [-0.1, -0.05) is 17.7 Å². The fraction of sp³-hybridized carbons (Fsp3) is 0.300. The predicted molar refractivity (Wildman–Crippen MR) is 64.3 cm³/mol. The minimum absolute atomic E-state index is 0. The van der Waals surface area contributed by atoms with Gasteiger partial charge in [0.25, 0.3) is 10.0 Å². The van der Waals surface area contributed by atoms with Crippen LogP contribution in [0.15, 0.2) is 29.2 Å². The van der Waals surface area contributed by atoms with Crippen LogP contribution in [-0.4, -0.2) is 72.5 Å². The quantitative estimate of drug-likeness (QED) is 0.841. The zero-order chi connectivity index (χ0) is 12.2. The molecule has 0 aliphatic heterocycles. The summed E-state index contributed by atoms with van der Waals surface area (Å²) in [5, 5.41) is 0. The van der Waals surface area contributed by atoms with Gasteiger partial charge in [0, 0.05) is 51.4 Å². The average Bonchev–Trinajstić information content (AvgIpc) is 2.17. The molecule has 0 aliphatic carbocycles. The summed E-state index contributed by atoms with van der Waals surface area (Å²) in [5.41, 5.74) is 0.940. The third-order valence-corrected chi connectivity index (χ3v) is 3.15. The van der Waals surface area contributed by atoms with E-state index in [0.717, 1.165) is 5.56 Å². The van der Waals surface area contributed by atoms with E-state index in [1.807, 2.05) is 6.92 Å². The zero-order valence-corrected chi connectivity index (χ0v) is 14.0. The second kappa shape index (κ2) is 7.50. The summed E-state index contributed by atoms with van der Waals surface area (Å²) in [4.78, 5) is 11.0. The Morgan fingerprint density at radius 3 is 2.29 bits per heavy atom. The van der Waals surface area contributed by atoms with Crippen LogP contribution in [-0.2, 0) is 14.8 Å². The van der Waals surface area contributed by atoms with Gasteiger partial charge in [0.1, 0.15) is 0 Å². The van der Waals surface area contributed by atoms with Gasteiger partial charge in [-0.15, -0.1) is 0 Å². The van der Waals surface area contributed by atoms with Crippen LogP contribution < -0.4 is 4.72 Å². The Balaban J connectivity index is 0.00000256. The molecule has 17 heavy (non-hydrogen) atoms. The number of carbonyl (C=O) groups excluding carboxylic acids is 1. The monoisotopic (exact) mass is 282 g/mol. The summed E-state index contributed by atoms with van der Waals surface area (Å²) >= 11 is 0. The SMILES string of the molecule is CCOC(=O)NS(=O)(=O)c1ccc(C)cc1.[K]. The molecule has 89 valence electrons. The first-order chi connectivity index (χ1) is 7.45. The van der Waals surface area contributed by atoms with Gasteiger partial charge < -0.3 is 4.74 Å². The normalized spacial score (nSPS) is 10.2. The van der Waals surface area contributed by atoms with E-state index in [1.165, 1.54) is 12.1 Å². The molecule has 0 saturated carbocycles. The maximum absolute atomic E-state index is 11.6. The molecule has 1 amide bonds. The predicted octanol–water partition coefficient (Wildman–Crippen LogP) is 1.05. The van der Waals surface area contributed by atoms with Crippen LogP contribution in [0.2, 0.25) is 0 Å². The van der Waals surface area contributed by atoms with Crippen LogP contribution in [0.3, 0.4) is 0 Å². The largest absolute Gasteiger partial charge is 0.449 e. The zero-order valence-electron chi connectivity index (χ0n) is 10.1. The summed E-state index contributed by atoms with van der Waals surface area (Å²) < 4.78 is 29.5. The van der Waals surface area contributed by atoms with Crippen LogP contribution in [0.4, 0.5) is 4.79 Å². The number of benzene rings is 1. The molecule has 0 aromatic heterocycles. The van der Waals surface area contributed by atoms with Crippen molar-refractivity contribution in [1.29, 1.82) is 0 Å². The second-order valence-electron chi connectivity index (χ2n) is 3.14. The molecule has 7 heteroatoms.